The summed E-state index contributed by atoms with van der Waals surface area (Å²) in [4.78, 5) is 30.2. The SMILES string of the molecule is O=C(CSc1nc2ccccc2c(=O)n1-c1ccc(F)cc1)Nc1ccc(Cl)cc1Cl. The zero-order chi connectivity index (χ0) is 22.0. The van der Waals surface area contributed by atoms with Gasteiger partial charge >= 0.3 is 0 Å². The maximum Gasteiger partial charge on any atom is 0.266 e. The quantitative estimate of drug-likeness (QED) is 0.304. The molecule has 0 radical (unpaired) electrons. The second-order valence-electron chi connectivity index (χ2n) is 6.49. The number of benzene rings is 3. The van der Waals surface area contributed by atoms with Crippen molar-refractivity contribution in [2.75, 3.05) is 11.1 Å². The van der Waals surface area contributed by atoms with Crippen molar-refractivity contribution in [3.05, 3.63) is 92.9 Å². The third-order valence-corrected chi connectivity index (χ3v) is 5.85. The molecule has 0 fully saturated rings. The second kappa shape index (κ2) is 9.09. The summed E-state index contributed by atoms with van der Waals surface area (Å²) in [5, 5.41) is 4.23. The molecule has 0 unspecified atom stereocenters. The Morgan fingerprint density at radius 3 is 2.55 bits per heavy atom. The number of rotatable bonds is 5. The van der Waals surface area contributed by atoms with Gasteiger partial charge in [-0.05, 0) is 54.6 Å². The number of carbonyl (C=O) groups excluding carboxylic acids is 1. The van der Waals surface area contributed by atoms with Crippen molar-refractivity contribution in [3.63, 3.8) is 0 Å². The number of para-hydroxylation sites is 1. The average Bonchev–Trinajstić information content (AvgIpc) is 2.75. The van der Waals surface area contributed by atoms with Gasteiger partial charge in [0.25, 0.3) is 5.56 Å². The first kappa shape index (κ1) is 21.4. The maximum absolute atomic E-state index is 13.4. The second-order valence-corrected chi connectivity index (χ2v) is 8.28. The van der Waals surface area contributed by atoms with Crippen LogP contribution in [-0.4, -0.2) is 21.2 Å². The molecule has 1 heterocycles. The zero-order valence-corrected chi connectivity index (χ0v) is 18.1. The van der Waals surface area contributed by atoms with Gasteiger partial charge in [0.15, 0.2) is 5.16 Å². The van der Waals surface area contributed by atoms with E-state index in [2.05, 4.69) is 10.3 Å². The van der Waals surface area contributed by atoms with Gasteiger partial charge in [-0.2, -0.15) is 0 Å². The Hall–Kier alpha value is -2.87. The van der Waals surface area contributed by atoms with Crippen LogP contribution in [0, 0.1) is 5.82 Å². The van der Waals surface area contributed by atoms with E-state index in [0.29, 0.717) is 37.5 Å². The third kappa shape index (κ3) is 4.74. The lowest BCUT2D eigenvalue weighted by atomic mass is 10.2. The summed E-state index contributed by atoms with van der Waals surface area (Å²) in [5.74, 6) is -0.772. The van der Waals surface area contributed by atoms with E-state index in [4.69, 9.17) is 23.2 Å². The Bertz CT molecular complexity index is 1340. The van der Waals surface area contributed by atoms with Gasteiger partial charge in [-0.3, -0.25) is 14.2 Å². The van der Waals surface area contributed by atoms with E-state index in [-0.39, 0.29) is 17.2 Å². The standard InChI is InChI=1S/C22H14Cl2FN3O2S/c23-13-5-10-19(17(24)11-13)26-20(29)12-31-22-27-18-4-2-1-3-16(18)21(30)28(22)15-8-6-14(25)7-9-15/h1-11H,12H2,(H,26,29). The van der Waals surface area contributed by atoms with Gasteiger partial charge in [-0.25, -0.2) is 9.37 Å². The highest BCUT2D eigenvalue weighted by molar-refractivity contribution is 7.99. The molecule has 1 N–H and O–H groups in total. The van der Waals surface area contributed by atoms with Gasteiger partial charge in [0.05, 0.1) is 33.1 Å². The van der Waals surface area contributed by atoms with E-state index in [1.54, 1.807) is 36.4 Å². The van der Waals surface area contributed by atoms with Crippen molar-refractivity contribution in [1.29, 1.82) is 0 Å². The molecule has 156 valence electrons. The molecule has 0 spiro atoms. The Balaban J connectivity index is 1.66. The minimum absolute atomic E-state index is 0.0229. The van der Waals surface area contributed by atoms with Crippen LogP contribution in [0.4, 0.5) is 10.1 Å². The fourth-order valence-electron chi connectivity index (χ4n) is 2.93. The molecule has 3 aromatic carbocycles. The topological polar surface area (TPSA) is 64.0 Å². The molecule has 0 saturated carbocycles. The van der Waals surface area contributed by atoms with Crippen molar-refractivity contribution >= 4 is 57.5 Å². The van der Waals surface area contributed by atoms with E-state index >= 15 is 0 Å². The predicted molar refractivity (Wildman–Crippen MR) is 123 cm³/mol. The number of hydrogen-bond acceptors (Lipinski definition) is 4. The monoisotopic (exact) mass is 473 g/mol. The summed E-state index contributed by atoms with van der Waals surface area (Å²) in [5.41, 5.74) is 1.09. The Labute approximate surface area is 190 Å². The highest BCUT2D eigenvalue weighted by Crippen LogP contribution is 2.26. The molecule has 0 aliphatic carbocycles. The van der Waals surface area contributed by atoms with Crippen molar-refractivity contribution in [2.45, 2.75) is 5.16 Å². The van der Waals surface area contributed by atoms with E-state index < -0.39 is 5.82 Å². The number of halogens is 3. The average molecular weight is 474 g/mol. The van der Waals surface area contributed by atoms with Crippen LogP contribution in [0.1, 0.15) is 0 Å². The molecule has 0 aliphatic rings. The zero-order valence-electron chi connectivity index (χ0n) is 15.8. The molecule has 0 saturated heterocycles. The molecule has 5 nitrogen and oxygen atoms in total. The summed E-state index contributed by atoms with van der Waals surface area (Å²) in [7, 11) is 0. The number of thioether (sulfide) groups is 1. The van der Waals surface area contributed by atoms with Crippen LogP contribution >= 0.6 is 35.0 Å². The van der Waals surface area contributed by atoms with Gasteiger partial charge in [-0.15, -0.1) is 0 Å². The number of nitrogens with zero attached hydrogens (tertiary/aromatic N) is 2. The van der Waals surface area contributed by atoms with Crippen molar-refractivity contribution < 1.29 is 9.18 Å². The Kier molecular flexibility index (Phi) is 6.27. The highest BCUT2D eigenvalue weighted by Gasteiger charge is 2.15. The minimum Gasteiger partial charge on any atom is -0.324 e. The molecule has 4 rings (SSSR count). The van der Waals surface area contributed by atoms with Crippen LogP contribution in [-0.2, 0) is 4.79 Å². The predicted octanol–water partition coefficient (Wildman–Crippen LogP) is 5.56. The largest absolute Gasteiger partial charge is 0.324 e. The first-order chi connectivity index (χ1) is 14.9. The number of anilines is 1. The molecular weight excluding hydrogens is 460 g/mol. The summed E-state index contributed by atoms with van der Waals surface area (Å²) < 4.78 is 14.8. The van der Waals surface area contributed by atoms with Crippen molar-refractivity contribution in [3.8, 4) is 5.69 Å². The Morgan fingerprint density at radius 1 is 1.06 bits per heavy atom. The highest BCUT2D eigenvalue weighted by atomic mass is 35.5. The smallest absolute Gasteiger partial charge is 0.266 e. The summed E-state index contributed by atoms with van der Waals surface area (Å²) in [6.45, 7) is 0. The molecule has 0 aliphatic heterocycles. The van der Waals surface area contributed by atoms with Gasteiger partial charge in [-0.1, -0.05) is 47.1 Å². The molecule has 1 amide bonds. The first-order valence-electron chi connectivity index (χ1n) is 9.08. The molecule has 31 heavy (non-hydrogen) atoms. The van der Waals surface area contributed by atoms with Crippen molar-refractivity contribution in [1.82, 2.24) is 9.55 Å². The van der Waals surface area contributed by atoms with E-state index in [0.717, 1.165) is 11.8 Å². The van der Waals surface area contributed by atoms with Gasteiger partial charge < -0.3 is 5.32 Å². The fraction of sp³-hybridized carbons (Fsp3) is 0.0455. The normalized spacial score (nSPS) is 10.9. The number of hydrogen-bond donors (Lipinski definition) is 1. The molecule has 0 atom stereocenters. The van der Waals surface area contributed by atoms with Crippen molar-refractivity contribution in [2.24, 2.45) is 0 Å². The van der Waals surface area contributed by atoms with E-state index in [1.807, 2.05) is 0 Å². The number of amides is 1. The lowest BCUT2D eigenvalue weighted by Crippen LogP contribution is -2.23. The van der Waals surface area contributed by atoms with Gasteiger partial charge in [0.1, 0.15) is 5.82 Å². The number of aromatic nitrogens is 2. The van der Waals surface area contributed by atoms with Gasteiger partial charge in [0, 0.05) is 5.02 Å². The maximum atomic E-state index is 13.4. The fourth-order valence-corrected chi connectivity index (χ4v) is 4.20. The lowest BCUT2D eigenvalue weighted by molar-refractivity contribution is -0.113. The lowest BCUT2D eigenvalue weighted by Gasteiger charge is -2.13. The van der Waals surface area contributed by atoms with Crippen LogP contribution in [0.5, 0.6) is 0 Å². The molecule has 4 aromatic rings. The van der Waals surface area contributed by atoms with Crippen LogP contribution in [0.25, 0.3) is 16.6 Å². The molecule has 0 bridgehead atoms. The molecular formula is C22H14Cl2FN3O2S. The third-order valence-electron chi connectivity index (χ3n) is 4.37. The first-order valence-corrected chi connectivity index (χ1v) is 10.8. The minimum atomic E-state index is -0.418. The molecule has 9 heteroatoms. The summed E-state index contributed by atoms with van der Waals surface area (Å²) in [6.07, 6.45) is 0. The molecule has 1 aromatic heterocycles. The van der Waals surface area contributed by atoms with Crippen LogP contribution in [0.3, 0.4) is 0 Å². The summed E-state index contributed by atoms with van der Waals surface area (Å²) in [6, 6.07) is 17.2. The Morgan fingerprint density at radius 2 is 1.81 bits per heavy atom. The van der Waals surface area contributed by atoms with Crippen LogP contribution in [0.2, 0.25) is 10.0 Å². The number of fused-ring (bicyclic) bond motifs is 1. The van der Waals surface area contributed by atoms with Crippen LogP contribution < -0.4 is 10.9 Å². The number of carbonyl (C=O) groups is 1. The number of nitrogens with one attached hydrogen (secondary N) is 1. The van der Waals surface area contributed by atoms with E-state index in [9.17, 15) is 14.0 Å². The van der Waals surface area contributed by atoms with Gasteiger partial charge in [0.2, 0.25) is 5.91 Å². The summed E-state index contributed by atoms with van der Waals surface area (Å²) >= 11 is 13.1. The van der Waals surface area contributed by atoms with Crippen LogP contribution in [0.15, 0.2) is 76.7 Å². The van der Waals surface area contributed by atoms with E-state index in [1.165, 1.54) is 34.9 Å².